The highest BCUT2D eigenvalue weighted by atomic mass is 16.6. The van der Waals surface area contributed by atoms with Gasteiger partial charge in [-0.1, -0.05) is 6.92 Å². The van der Waals surface area contributed by atoms with Crippen LogP contribution in [0.25, 0.3) is 0 Å². The number of ether oxygens (including phenoxy) is 1. The predicted octanol–water partition coefficient (Wildman–Crippen LogP) is 2.21. The summed E-state index contributed by atoms with van der Waals surface area (Å²) in [6, 6.07) is 0.254. The Morgan fingerprint density at radius 3 is 2.26 bits per heavy atom. The molecule has 110 valence electrons. The van der Waals surface area contributed by atoms with Crippen LogP contribution >= 0.6 is 0 Å². The van der Waals surface area contributed by atoms with Crippen molar-refractivity contribution in [3.8, 4) is 0 Å². The molecule has 0 aromatic rings. The maximum Gasteiger partial charge on any atom is 0.408 e. The Hall–Kier alpha value is -1.26. The zero-order valence-corrected chi connectivity index (χ0v) is 12.4. The maximum atomic E-state index is 11.7. The fourth-order valence-corrected chi connectivity index (χ4v) is 2.15. The van der Waals surface area contributed by atoms with E-state index in [4.69, 9.17) is 4.74 Å². The summed E-state index contributed by atoms with van der Waals surface area (Å²) in [4.78, 5) is 23.1. The third-order valence-electron chi connectivity index (χ3n) is 3.17. The van der Waals surface area contributed by atoms with Gasteiger partial charge in [0.1, 0.15) is 12.1 Å². The molecule has 5 nitrogen and oxygen atoms in total. The molecule has 0 spiro atoms. The molecule has 0 aliphatic heterocycles. The molecular formula is C14H26N2O3. The SMILES string of the molecule is CC(C)(C)OC(=O)NCC(=O)N[C@H]1CC[C@@H](C)CC1. The number of nitrogens with one attached hydrogen (secondary N) is 2. The van der Waals surface area contributed by atoms with E-state index in [1.807, 2.05) is 0 Å². The van der Waals surface area contributed by atoms with E-state index in [0.717, 1.165) is 31.6 Å². The molecular weight excluding hydrogens is 244 g/mol. The minimum atomic E-state index is -0.556. The molecule has 2 amide bonds. The van der Waals surface area contributed by atoms with Gasteiger partial charge < -0.3 is 15.4 Å². The van der Waals surface area contributed by atoms with Crippen molar-refractivity contribution in [1.29, 1.82) is 0 Å². The van der Waals surface area contributed by atoms with Gasteiger partial charge in [0.05, 0.1) is 0 Å². The van der Waals surface area contributed by atoms with Crippen molar-refractivity contribution in [2.24, 2.45) is 5.92 Å². The summed E-state index contributed by atoms with van der Waals surface area (Å²) in [7, 11) is 0. The van der Waals surface area contributed by atoms with E-state index in [9.17, 15) is 9.59 Å². The van der Waals surface area contributed by atoms with Crippen molar-refractivity contribution in [3.05, 3.63) is 0 Å². The molecule has 19 heavy (non-hydrogen) atoms. The van der Waals surface area contributed by atoms with Gasteiger partial charge in [-0.3, -0.25) is 4.79 Å². The molecule has 1 aliphatic carbocycles. The van der Waals surface area contributed by atoms with E-state index < -0.39 is 11.7 Å². The topological polar surface area (TPSA) is 67.4 Å². The van der Waals surface area contributed by atoms with Gasteiger partial charge in [-0.15, -0.1) is 0 Å². The van der Waals surface area contributed by atoms with Crippen molar-refractivity contribution in [2.45, 2.75) is 65.0 Å². The highest BCUT2D eigenvalue weighted by Gasteiger charge is 2.20. The summed E-state index contributed by atoms with van der Waals surface area (Å²) in [6.07, 6.45) is 3.81. The quantitative estimate of drug-likeness (QED) is 0.826. The molecule has 0 heterocycles. The summed E-state index contributed by atoms with van der Waals surface area (Å²) >= 11 is 0. The Kier molecular flexibility index (Phi) is 5.63. The van der Waals surface area contributed by atoms with Crippen LogP contribution in [0.15, 0.2) is 0 Å². The number of hydrogen-bond donors (Lipinski definition) is 2. The lowest BCUT2D eigenvalue weighted by molar-refractivity contribution is -0.121. The Balaban J connectivity index is 2.19. The third-order valence-corrected chi connectivity index (χ3v) is 3.17. The number of amides is 2. The van der Waals surface area contributed by atoms with Crippen molar-refractivity contribution in [2.75, 3.05) is 6.54 Å². The fourth-order valence-electron chi connectivity index (χ4n) is 2.15. The molecule has 0 atom stereocenters. The molecule has 0 radical (unpaired) electrons. The fraction of sp³-hybridized carbons (Fsp3) is 0.857. The minimum Gasteiger partial charge on any atom is -0.444 e. The normalized spacial score (nSPS) is 23.6. The molecule has 1 rings (SSSR count). The molecule has 2 N–H and O–H groups in total. The van der Waals surface area contributed by atoms with E-state index in [0.29, 0.717) is 0 Å². The van der Waals surface area contributed by atoms with Gasteiger partial charge in [0.15, 0.2) is 0 Å². The second-order valence-electron chi connectivity index (χ2n) is 6.38. The lowest BCUT2D eigenvalue weighted by Crippen LogP contribution is -2.44. The van der Waals surface area contributed by atoms with Gasteiger partial charge in [0.25, 0.3) is 0 Å². The van der Waals surface area contributed by atoms with Gasteiger partial charge in [-0.05, 0) is 52.4 Å². The van der Waals surface area contributed by atoms with Crippen molar-refractivity contribution >= 4 is 12.0 Å². The molecule has 0 aromatic heterocycles. The van der Waals surface area contributed by atoms with E-state index >= 15 is 0 Å². The highest BCUT2D eigenvalue weighted by molar-refractivity contribution is 5.82. The maximum absolute atomic E-state index is 11.7. The second kappa shape index (κ2) is 6.78. The Bertz CT molecular complexity index is 315. The number of hydrogen-bond acceptors (Lipinski definition) is 3. The van der Waals surface area contributed by atoms with E-state index in [2.05, 4.69) is 17.6 Å². The van der Waals surface area contributed by atoms with Crippen LogP contribution in [-0.4, -0.2) is 30.2 Å². The van der Waals surface area contributed by atoms with E-state index in [1.165, 1.54) is 0 Å². The van der Waals surface area contributed by atoms with Gasteiger partial charge in [-0.2, -0.15) is 0 Å². The van der Waals surface area contributed by atoms with Crippen LogP contribution in [-0.2, 0) is 9.53 Å². The molecule has 0 bridgehead atoms. The van der Waals surface area contributed by atoms with E-state index in [-0.39, 0.29) is 18.5 Å². The first-order chi connectivity index (χ1) is 8.76. The highest BCUT2D eigenvalue weighted by Crippen LogP contribution is 2.23. The summed E-state index contributed by atoms with van der Waals surface area (Å²) < 4.78 is 5.06. The zero-order valence-electron chi connectivity index (χ0n) is 12.4. The van der Waals surface area contributed by atoms with Gasteiger partial charge in [0, 0.05) is 6.04 Å². The predicted molar refractivity (Wildman–Crippen MR) is 73.8 cm³/mol. The lowest BCUT2D eigenvalue weighted by atomic mass is 9.87. The van der Waals surface area contributed by atoms with Crippen LogP contribution in [0.2, 0.25) is 0 Å². The van der Waals surface area contributed by atoms with Gasteiger partial charge in [-0.25, -0.2) is 4.79 Å². The number of carbonyl (C=O) groups is 2. The Labute approximate surface area is 115 Å². The monoisotopic (exact) mass is 270 g/mol. The van der Waals surface area contributed by atoms with Crippen molar-refractivity contribution in [1.82, 2.24) is 10.6 Å². The van der Waals surface area contributed by atoms with Crippen LogP contribution in [0.3, 0.4) is 0 Å². The summed E-state index contributed by atoms with van der Waals surface area (Å²) in [5, 5.41) is 5.41. The summed E-state index contributed by atoms with van der Waals surface area (Å²) in [6.45, 7) is 7.57. The number of carbonyl (C=O) groups excluding carboxylic acids is 2. The first-order valence-electron chi connectivity index (χ1n) is 7.02. The third kappa shape index (κ3) is 7.03. The van der Waals surface area contributed by atoms with Crippen LogP contribution in [0, 0.1) is 5.92 Å². The minimum absolute atomic E-state index is 0.0268. The molecule has 1 fully saturated rings. The van der Waals surface area contributed by atoms with Crippen molar-refractivity contribution in [3.63, 3.8) is 0 Å². The zero-order chi connectivity index (χ0) is 14.5. The Morgan fingerprint density at radius 2 is 1.74 bits per heavy atom. The molecule has 0 aromatic carbocycles. The molecule has 0 saturated heterocycles. The number of alkyl carbamates (subject to hydrolysis) is 1. The van der Waals surface area contributed by atoms with Gasteiger partial charge >= 0.3 is 6.09 Å². The lowest BCUT2D eigenvalue weighted by Gasteiger charge is -2.27. The second-order valence-corrected chi connectivity index (χ2v) is 6.38. The van der Waals surface area contributed by atoms with Crippen LogP contribution < -0.4 is 10.6 Å². The van der Waals surface area contributed by atoms with E-state index in [1.54, 1.807) is 20.8 Å². The van der Waals surface area contributed by atoms with Crippen LogP contribution in [0.1, 0.15) is 53.4 Å². The van der Waals surface area contributed by atoms with Crippen LogP contribution in [0.5, 0.6) is 0 Å². The average Bonchev–Trinajstić information content (AvgIpc) is 2.27. The first-order valence-corrected chi connectivity index (χ1v) is 7.02. The first kappa shape index (κ1) is 15.8. The largest absolute Gasteiger partial charge is 0.444 e. The standard InChI is InChI=1S/C14H26N2O3/c1-10-5-7-11(8-6-10)16-12(17)9-15-13(18)19-14(2,3)4/h10-11H,5-9H2,1-4H3,(H,15,18)(H,16,17)/t10-,11+. The number of rotatable bonds is 3. The molecule has 1 saturated carbocycles. The van der Waals surface area contributed by atoms with Gasteiger partial charge in [0.2, 0.25) is 5.91 Å². The summed E-state index contributed by atoms with van der Waals surface area (Å²) in [5.41, 5.74) is -0.542. The molecule has 0 unspecified atom stereocenters. The van der Waals surface area contributed by atoms with Crippen molar-refractivity contribution < 1.29 is 14.3 Å². The smallest absolute Gasteiger partial charge is 0.408 e. The Morgan fingerprint density at radius 1 is 1.16 bits per heavy atom. The molecule has 1 aliphatic rings. The molecule has 5 heteroatoms. The average molecular weight is 270 g/mol. The summed E-state index contributed by atoms with van der Waals surface area (Å²) in [5.74, 6) is 0.610. The van der Waals surface area contributed by atoms with Crippen LogP contribution in [0.4, 0.5) is 4.79 Å².